The van der Waals surface area contributed by atoms with E-state index < -0.39 is 0 Å². The minimum Gasteiger partial charge on any atom is -0.508 e. The molecule has 1 unspecified atom stereocenters. The minimum absolute atomic E-state index is 0.0482. The first-order valence-electron chi connectivity index (χ1n) is 9.43. The monoisotopic (exact) mass is 332 g/mol. The molecule has 2 rings (SSSR count). The number of hydrogen-bond acceptors (Lipinski definition) is 3. The Kier molecular flexibility index (Phi) is 6.31. The summed E-state index contributed by atoms with van der Waals surface area (Å²) in [6, 6.07) is 3.60. The molecule has 1 aliphatic rings. The van der Waals surface area contributed by atoms with Gasteiger partial charge in [-0.25, -0.2) is 0 Å². The summed E-state index contributed by atoms with van der Waals surface area (Å²) in [5.74, 6) is 0.469. The van der Waals surface area contributed by atoms with Crippen molar-refractivity contribution in [1.29, 1.82) is 0 Å². The molecular weight excluding hydrogens is 300 g/mol. The van der Waals surface area contributed by atoms with Crippen molar-refractivity contribution in [3.63, 3.8) is 0 Å². The number of ketones is 1. The van der Waals surface area contributed by atoms with E-state index in [4.69, 9.17) is 0 Å². The number of carbonyl (C=O) groups is 1. The number of rotatable bonds is 7. The van der Waals surface area contributed by atoms with Gasteiger partial charge in [0.1, 0.15) is 17.3 Å². The van der Waals surface area contributed by atoms with E-state index in [1.165, 1.54) is 19.3 Å². The average molecular weight is 332 g/mol. The fraction of sp³-hybridized carbons (Fsp3) is 0.667. The first-order chi connectivity index (χ1) is 11.3. The van der Waals surface area contributed by atoms with Crippen LogP contribution in [0.15, 0.2) is 12.1 Å². The van der Waals surface area contributed by atoms with Crippen LogP contribution in [0.4, 0.5) is 0 Å². The molecule has 1 atom stereocenters. The molecule has 1 fully saturated rings. The minimum atomic E-state index is -0.0797. The van der Waals surface area contributed by atoms with Crippen molar-refractivity contribution in [3.05, 3.63) is 23.3 Å². The highest BCUT2D eigenvalue weighted by Gasteiger charge is 2.28. The molecule has 0 heterocycles. The predicted molar refractivity (Wildman–Crippen MR) is 97.8 cm³/mol. The third kappa shape index (κ3) is 4.52. The third-order valence-electron chi connectivity index (χ3n) is 5.46. The highest BCUT2D eigenvalue weighted by atomic mass is 16.3. The smallest absolute Gasteiger partial charge is 0.133 e. The molecule has 1 saturated carbocycles. The first kappa shape index (κ1) is 18.8. The molecule has 1 aliphatic carbocycles. The second-order valence-electron chi connectivity index (χ2n) is 7.95. The molecule has 134 valence electrons. The number of aromatic hydroxyl groups is 2. The molecular formula is C21H32O3. The van der Waals surface area contributed by atoms with Gasteiger partial charge >= 0.3 is 0 Å². The van der Waals surface area contributed by atoms with Crippen molar-refractivity contribution in [3.8, 4) is 11.5 Å². The van der Waals surface area contributed by atoms with Crippen LogP contribution in [0.5, 0.6) is 11.5 Å². The maximum absolute atomic E-state index is 11.7. The molecule has 0 radical (unpaired) electrons. The quantitative estimate of drug-likeness (QED) is 0.641. The van der Waals surface area contributed by atoms with Gasteiger partial charge in [-0.1, -0.05) is 46.5 Å². The van der Waals surface area contributed by atoms with Crippen LogP contribution < -0.4 is 0 Å². The van der Waals surface area contributed by atoms with E-state index in [0.29, 0.717) is 18.4 Å². The highest BCUT2D eigenvalue weighted by molar-refractivity contribution is 5.80. The van der Waals surface area contributed by atoms with Gasteiger partial charge in [-0.3, -0.25) is 4.79 Å². The molecule has 3 heteroatoms. The van der Waals surface area contributed by atoms with Crippen molar-refractivity contribution >= 4 is 5.78 Å². The van der Waals surface area contributed by atoms with Gasteiger partial charge in [-0.2, -0.15) is 0 Å². The lowest BCUT2D eigenvalue weighted by molar-refractivity contribution is -0.120. The Bertz CT molecular complexity index is 551. The van der Waals surface area contributed by atoms with Crippen molar-refractivity contribution in [2.75, 3.05) is 0 Å². The lowest BCUT2D eigenvalue weighted by Gasteiger charge is -2.28. The number of Topliss-reactive ketones (excluding diaryl/α,β-unsaturated/α-hetero) is 1. The van der Waals surface area contributed by atoms with Crippen LogP contribution in [0.2, 0.25) is 0 Å². The zero-order chi connectivity index (χ0) is 17.7. The Morgan fingerprint density at radius 2 is 1.79 bits per heavy atom. The maximum atomic E-state index is 11.7. The topological polar surface area (TPSA) is 57.5 Å². The Morgan fingerprint density at radius 3 is 2.38 bits per heavy atom. The number of hydrogen-bond donors (Lipinski definition) is 2. The molecule has 2 N–H and O–H groups in total. The van der Waals surface area contributed by atoms with Gasteiger partial charge in [0.2, 0.25) is 0 Å². The van der Waals surface area contributed by atoms with Crippen molar-refractivity contribution < 1.29 is 15.0 Å². The van der Waals surface area contributed by atoms with E-state index in [9.17, 15) is 15.0 Å². The molecule has 0 aromatic heterocycles. The van der Waals surface area contributed by atoms with Crippen molar-refractivity contribution in [2.24, 2.45) is 0 Å². The Morgan fingerprint density at radius 1 is 1.12 bits per heavy atom. The first-order valence-corrected chi connectivity index (χ1v) is 9.43. The molecule has 3 nitrogen and oxygen atoms in total. The van der Waals surface area contributed by atoms with Crippen LogP contribution in [-0.4, -0.2) is 16.0 Å². The highest BCUT2D eigenvalue weighted by Crippen LogP contribution is 2.44. The number of unbranched alkanes of at least 4 members (excludes halogenated alkanes) is 3. The van der Waals surface area contributed by atoms with Crippen LogP contribution in [-0.2, 0) is 10.2 Å². The Hall–Kier alpha value is -1.51. The Balaban J connectivity index is 2.17. The van der Waals surface area contributed by atoms with Gasteiger partial charge in [-0.05, 0) is 48.3 Å². The molecule has 0 amide bonds. The summed E-state index contributed by atoms with van der Waals surface area (Å²) in [6.07, 6.45) is 8.63. The van der Waals surface area contributed by atoms with Crippen LogP contribution in [0.1, 0.15) is 95.6 Å². The summed E-state index contributed by atoms with van der Waals surface area (Å²) in [4.78, 5) is 11.7. The van der Waals surface area contributed by atoms with Crippen molar-refractivity contribution in [2.45, 2.75) is 89.9 Å². The fourth-order valence-electron chi connectivity index (χ4n) is 3.84. The van der Waals surface area contributed by atoms with E-state index in [2.05, 4.69) is 20.8 Å². The van der Waals surface area contributed by atoms with E-state index >= 15 is 0 Å². The van der Waals surface area contributed by atoms with Crippen LogP contribution >= 0.6 is 0 Å². The number of phenols is 2. The Labute approximate surface area is 146 Å². The summed E-state index contributed by atoms with van der Waals surface area (Å²) in [5, 5.41) is 21.0. The number of benzene rings is 1. The summed E-state index contributed by atoms with van der Waals surface area (Å²) < 4.78 is 0. The average Bonchev–Trinajstić information content (AvgIpc) is 2.51. The zero-order valence-electron chi connectivity index (χ0n) is 15.4. The number of phenolic OH excluding ortho intramolecular Hbond substituents is 2. The molecule has 0 aliphatic heterocycles. The largest absolute Gasteiger partial charge is 0.508 e. The molecule has 1 aromatic carbocycles. The lowest BCUT2D eigenvalue weighted by atomic mass is 9.77. The normalized spacial score (nSPS) is 18.8. The van der Waals surface area contributed by atoms with Gasteiger partial charge in [0.25, 0.3) is 0 Å². The molecule has 0 saturated heterocycles. The summed E-state index contributed by atoms with van der Waals surface area (Å²) in [7, 11) is 0. The zero-order valence-corrected chi connectivity index (χ0v) is 15.4. The van der Waals surface area contributed by atoms with Gasteiger partial charge in [0.15, 0.2) is 0 Å². The van der Waals surface area contributed by atoms with E-state index in [0.717, 1.165) is 31.2 Å². The molecule has 0 spiro atoms. The second-order valence-corrected chi connectivity index (χ2v) is 7.95. The number of carbonyl (C=O) groups excluding carboxylic acids is 1. The summed E-state index contributed by atoms with van der Waals surface area (Å²) >= 11 is 0. The van der Waals surface area contributed by atoms with Gasteiger partial charge in [-0.15, -0.1) is 0 Å². The predicted octanol–water partition coefficient (Wildman–Crippen LogP) is 5.57. The summed E-state index contributed by atoms with van der Waals surface area (Å²) in [5.41, 5.74) is 1.46. The SMILES string of the molecule is CCCCCCC(C)(C)c1cc(O)c(C2CCCC(=O)C2)c(O)c1. The van der Waals surface area contributed by atoms with Crippen LogP contribution in [0, 0.1) is 0 Å². The summed E-state index contributed by atoms with van der Waals surface area (Å²) in [6.45, 7) is 6.53. The fourth-order valence-corrected chi connectivity index (χ4v) is 3.84. The van der Waals surface area contributed by atoms with E-state index in [-0.39, 0.29) is 28.6 Å². The lowest BCUT2D eigenvalue weighted by Crippen LogP contribution is -2.18. The van der Waals surface area contributed by atoms with Crippen LogP contribution in [0.3, 0.4) is 0 Å². The van der Waals surface area contributed by atoms with Crippen LogP contribution in [0.25, 0.3) is 0 Å². The molecule has 24 heavy (non-hydrogen) atoms. The third-order valence-corrected chi connectivity index (χ3v) is 5.46. The van der Waals surface area contributed by atoms with Gasteiger partial charge in [0.05, 0.1) is 0 Å². The van der Waals surface area contributed by atoms with Crippen molar-refractivity contribution in [1.82, 2.24) is 0 Å². The molecule has 0 bridgehead atoms. The van der Waals surface area contributed by atoms with E-state index in [1.54, 1.807) is 12.1 Å². The molecule has 1 aromatic rings. The van der Waals surface area contributed by atoms with Gasteiger partial charge < -0.3 is 10.2 Å². The van der Waals surface area contributed by atoms with E-state index in [1.807, 2.05) is 0 Å². The van der Waals surface area contributed by atoms with Gasteiger partial charge in [0, 0.05) is 18.4 Å². The second kappa shape index (κ2) is 8.04. The standard InChI is InChI=1S/C21H32O3/c1-4-5-6-7-11-21(2,3)16-13-18(23)20(19(24)14-16)15-9-8-10-17(22)12-15/h13-15,23-24H,4-12H2,1-3H3. The maximum Gasteiger partial charge on any atom is 0.133 e.